The molecule has 2 aromatic rings. The van der Waals surface area contributed by atoms with Crippen LogP contribution in [-0.2, 0) is 10.0 Å². The minimum absolute atomic E-state index is 0.0286. The molecule has 1 aliphatic rings. The van der Waals surface area contributed by atoms with Crippen molar-refractivity contribution in [2.75, 3.05) is 11.6 Å². The van der Waals surface area contributed by atoms with E-state index in [0.717, 1.165) is 17.7 Å². The molecule has 0 bridgehead atoms. The van der Waals surface area contributed by atoms with Crippen LogP contribution >= 0.6 is 11.8 Å². The molecule has 2 N–H and O–H groups in total. The summed E-state index contributed by atoms with van der Waals surface area (Å²) < 4.78 is 27.2. The van der Waals surface area contributed by atoms with Gasteiger partial charge >= 0.3 is 0 Å². The summed E-state index contributed by atoms with van der Waals surface area (Å²) in [5, 5.41) is 2.83. The Hall–Kier alpha value is -1.83. The molecule has 0 heterocycles. The first-order valence-electron chi connectivity index (χ1n) is 7.56. The summed E-state index contributed by atoms with van der Waals surface area (Å²) in [5.41, 5.74) is 1.02. The third-order valence-electron chi connectivity index (χ3n) is 3.66. The highest BCUT2D eigenvalue weighted by atomic mass is 32.2. The Morgan fingerprint density at radius 3 is 2.58 bits per heavy atom. The van der Waals surface area contributed by atoms with E-state index in [0.29, 0.717) is 11.3 Å². The number of benzene rings is 2. The van der Waals surface area contributed by atoms with Crippen molar-refractivity contribution in [1.29, 1.82) is 0 Å². The molecule has 0 atom stereocenters. The van der Waals surface area contributed by atoms with E-state index in [1.54, 1.807) is 12.1 Å². The molecule has 1 fully saturated rings. The molecule has 126 valence electrons. The van der Waals surface area contributed by atoms with E-state index >= 15 is 0 Å². The molecule has 0 radical (unpaired) electrons. The molecule has 0 aliphatic heterocycles. The predicted molar refractivity (Wildman–Crippen MR) is 96.0 cm³/mol. The minimum Gasteiger partial charge on any atom is -0.321 e. The van der Waals surface area contributed by atoms with Crippen LogP contribution in [0.5, 0.6) is 0 Å². The van der Waals surface area contributed by atoms with E-state index < -0.39 is 10.0 Å². The zero-order valence-electron chi connectivity index (χ0n) is 13.2. The normalized spacial score (nSPS) is 14.4. The van der Waals surface area contributed by atoms with Gasteiger partial charge in [0.15, 0.2) is 0 Å². The number of para-hydroxylation sites is 1. The van der Waals surface area contributed by atoms with Crippen LogP contribution in [0, 0.1) is 0 Å². The maximum Gasteiger partial charge on any atom is 0.255 e. The average Bonchev–Trinajstić information content (AvgIpc) is 3.39. The van der Waals surface area contributed by atoms with Crippen LogP contribution in [0.2, 0.25) is 0 Å². The molecular formula is C17H18N2O3S2. The summed E-state index contributed by atoms with van der Waals surface area (Å²) in [5.74, 6) is -0.333. The van der Waals surface area contributed by atoms with E-state index in [1.165, 1.54) is 23.9 Å². The van der Waals surface area contributed by atoms with Crippen LogP contribution in [-0.4, -0.2) is 26.6 Å². The smallest absolute Gasteiger partial charge is 0.255 e. The van der Waals surface area contributed by atoms with Crippen molar-refractivity contribution < 1.29 is 13.2 Å². The third-order valence-corrected chi connectivity index (χ3v) is 5.97. The summed E-state index contributed by atoms with van der Waals surface area (Å²) >= 11 is 1.53. The number of carbonyl (C=O) groups excluding carboxylic acids is 1. The van der Waals surface area contributed by atoms with Gasteiger partial charge in [0.05, 0.1) is 10.6 Å². The predicted octanol–water partition coefficient (Wildman–Crippen LogP) is 3.10. The zero-order valence-corrected chi connectivity index (χ0v) is 14.8. The summed E-state index contributed by atoms with van der Waals surface area (Å²) in [6.07, 6.45) is 3.66. The van der Waals surface area contributed by atoms with Gasteiger partial charge in [-0.2, -0.15) is 0 Å². The number of anilines is 1. The number of hydrogen-bond acceptors (Lipinski definition) is 4. The van der Waals surface area contributed by atoms with Crippen molar-refractivity contribution in [2.24, 2.45) is 0 Å². The summed E-state index contributed by atoms with van der Waals surface area (Å²) in [6, 6.07) is 13.6. The van der Waals surface area contributed by atoms with Crippen LogP contribution in [0.3, 0.4) is 0 Å². The fraction of sp³-hybridized carbons (Fsp3) is 0.235. The second-order valence-corrected chi connectivity index (χ2v) is 8.14. The summed E-state index contributed by atoms with van der Waals surface area (Å²) in [6.45, 7) is 0. The molecule has 24 heavy (non-hydrogen) atoms. The highest BCUT2D eigenvalue weighted by Gasteiger charge is 2.28. The van der Waals surface area contributed by atoms with Gasteiger partial charge in [-0.1, -0.05) is 18.2 Å². The Bertz CT molecular complexity index is 862. The Labute approximate surface area is 145 Å². The van der Waals surface area contributed by atoms with Crippen molar-refractivity contribution in [2.45, 2.75) is 28.7 Å². The summed E-state index contributed by atoms with van der Waals surface area (Å²) in [7, 11) is -3.57. The molecule has 2 aromatic carbocycles. The molecular weight excluding hydrogens is 344 g/mol. The molecule has 1 amide bonds. The monoisotopic (exact) mass is 362 g/mol. The zero-order chi connectivity index (χ0) is 17.2. The lowest BCUT2D eigenvalue weighted by molar-refractivity contribution is 0.102. The number of sulfonamides is 1. The number of thioether (sulfide) groups is 1. The van der Waals surface area contributed by atoms with Gasteiger partial charge in [-0.25, -0.2) is 13.1 Å². The fourth-order valence-corrected chi connectivity index (χ4v) is 4.14. The fourth-order valence-electron chi connectivity index (χ4n) is 2.24. The molecule has 1 saturated carbocycles. The summed E-state index contributed by atoms with van der Waals surface area (Å²) in [4.78, 5) is 13.5. The first kappa shape index (κ1) is 17.0. The molecule has 0 saturated heterocycles. The number of hydrogen-bond donors (Lipinski definition) is 2. The first-order valence-corrected chi connectivity index (χ1v) is 10.3. The van der Waals surface area contributed by atoms with Gasteiger partial charge in [-0.3, -0.25) is 4.79 Å². The Kier molecular flexibility index (Phi) is 4.93. The van der Waals surface area contributed by atoms with Gasteiger partial charge in [0.25, 0.3) is 5.91 Å². The van der Waals surface area contributed by atoms with Gasteiger partial charge < -0.3 is 5.32 Å². The van der Waals surface area contributed by atoms with Gasteiger partial charge in [0.1, 0.15) is 0 Å². The van der Waals surface area contributed by atoms with Crippen LogP contribution in [0.25, 0.3) is 0 Å². The molecule has 5 nitrogen and oxygen atoms in total. The lowest BCUT2D eigenvalue weighted by Gasteiger charge is -2.10. The van der Waals surface area contributed by atoms with E-state index in [-0.39, 0.29) is 16.8 Å². The second kappa shape index (κ2) is 6.96. The van der Waals surface area contributed by atoms with E-state index in [1.807, 2.05) is 30.5 Å². The average molecular weight is 362 g/mol. The number of carbonyl (C=O) groups is 1. The SMILES string of the molecule is CSc1ccccc1NC(=O)c1cccc(S(=O)(=O)NC2CC2)c1. The van der Waals surface area contributed by atoms with Crippen molar-refractivity contribution in [3.63, 3.8) is 0 Å². The lowest BCUT2D eigenvalue weighted by atomic mass is 10.2. The lowest BCUT2D eigenvalue weighted by Crippen LogP contribution is -2.26. The van der Waals surface area contributed by atoms with Gasteiger partial charge in [0, 0.05) is 16.5 Å². The Morgan fingerprint density at radius 2 is 1.88 bits per heavy atom. The Morgan fingerprint density at radius 1 is 1.12 bits per heavy atom. The van der Waals surface area contributed by atoms with Crippen molar-refractivity contribution in [3.05, 3.63) is 54.1 Å². The highest BCUT2D eigenvalue weighted by molar-refractivity contribution is 7.98. The van der Waals surface area contributed by atoms with Crippen molar-refractivity contribution in [3.8, 4) is 0 Å². The highest BCUT2D eigenvalue weighted by Crippen LogP contribution is 2.26. The van der Waals surface area contributed by atoms with Crippen LogP contribution < -0.4 is 10.0 Å². The second-order valence-electron chi connectivity index (χ2n) is 5.58. The number of nitrogens with one attached hydrogen (secondary N) is 2. The number of amides is 1. The van der Waals surface area contributed by atoms with E-state index in [2.05, 4.69) is 10.0 Å². The molecule has 7 heteroatoms. The van der Waals surface area contributed by atoms with Crippen molar-refractivity contribution in [1.82, 2.24) is 4.72 Å². The number of rotatable bonds is 6. The third kappa shape index (κ3) is 3.98. The van der Waals surface area contributed by atoms with Gasteiger partial charge in [-0.15, -0.1) is 11.8 Å². The minimum atomic E-state index is -3.57. The molecule has 0 aromatic heterocycles. The van der Waals surface area contributed by atoms with Crippen LogP contribution in [0.1, 0.15) is 23.2 Å². The molecule has 3 rings (SSSR count). The largest absolute Gasteiger partial charge is 0.321 e. The maximum absolute atomic E-state index is 12.5. The molecule has 1 aliphatic carbocycles. The topological polar surface area (TPSA) is 75.3 Å². The first-order chi connectivity index (χ1) is 11.5. The van der Waals surface area contributed by atoms with Crippen LogP contribution in [0.4, 0.5) is 5.69 Å². The molecule has 0 spiro atoms. The van der Waals surface area contributed by atoms with Crippen LogP contribution in [0.15, 0.2) is 58.3 Å². The van der Waals surface area contributed by atoms with E-state index in [9.17, 15) is 13.2 Å². The maximum atomic E-state index is 12.5. The molecule has 0 unspecified atom stereocenters. The van der Waals surface area contributed by atoms with Crippen molar-refractivity contribution >= 4 is 33.4 Å². The Balaban J connectivity index is 1.81. The van der Waals surface area contributed by atoms with E-state index in [4.69, 9.17) is 0 Å². The van der Waals surface area contributed by atoms with Gasteiger partial charge in [0.2, 0.25) is 10.0 Å². The quantitative estimate of drug-likeness (QED) is 0.774. The van der Waals surface area contributed by atoms with Gasteiger partial charge in [-0.05, 0) is 49.4 Å². The standard InChI is InChI=1S/C17H18N2O3S2/c1-23-16-8-3-2-7-15(16)18-17(20)12-5-4-6-14(11-12)24(21,22)19-13-9-10-13/h2-8,11,13,19H,9-10H2,1H3,(H,18,20).